The molecule has 148 valence electrons. The van der Waals surface area contributed by atoms with Crippen molar-refractivity contribution < 1.29 is 23.6 Å². The largest absolute Gasteiger partial charge is 0.463 e. The first-order chi connectivity index (χ1) is 12.9. The fraction of sp³-hybridized carbons (Fsp3) is 0.750. The van der Waals surface area contributed by atoms with Crippen LogP contribution in [0.15, 0.2) is 10.6 Å². The van der Waals surface area contributed by atoms with E-state index < -0.39 is 5.97 Å². The van der Waals surface area contributed by atoms with Gasteiger partial charge in [0.1, 0.15) is 5.76 Å². The first-order valence-electron chi connectivity index (χ1n) is 9.93. The van der Waals surface area contributed by atoms with Crippen molar-refractivity contribution in [2.75, 3.05) is 13.2 Å². The van der Waals surface area contributed by atoms with E-state index in [4.69, 9.17) is 14.0 Å². The molecule has 1 amide bonds. The van der Waals surface area contributed by atoms with Crippen LogP contribution in [-0.4, -0.2) is 36.3 Å². The van der Waals surface area contributed by atoms with Crippen molar-refractivity contribution in [3.05, 3.63) is 11.8 Å². The molecule has 1 aromatic rings. The van der Waals surface area contributed by atoms with Gasteiger partial charge in [0.2, 0.25) is 0 Å². The molecule has 4 aliphatic carbocycles. The van der Waals surface area contributed by atoms with Gasteiger partial charge in [-0.3, -0.25) is 4.79 Å². The van der Waals surface area contributed by atoms with Crippen LogP contribution < -0.4 is 10.1 Å². The number of esters is 1. The van der Waals surface area contributed by atoms with Crippen molar-refractivity contribution in [1.82, 2.24) is 10.5 Å². The van der Waals surface area contributed by atoms with E-state index in [0.29, 0.717) is 5.76 Å². The topological polar surface area (TPSA) is 90.7 Å². The number of carbonyl (C=O) groups excluding carboxylic acids is 2. The average Bonchev–Trinajstić information content (AvgIpc) is 3.02. The molecule has 0 aromatic carbocycles. The van der Waals surface area contributed by atoms with Gasteiger partial charge in [0.05, 0.1) is 0 Å². The SMILES string of the molecule is Cc1cc(OCC(=O)OCC(=O)N[C@H](C)C23CC4CC(CC(C4)C2)C3)no1. The number of ether oxygens (including phenoxy) is 2. The van der Waals surface area contributed by atoms with Gasteiger partial charge in [0, 0.05) is 12.1 Å². The smallest absolute Gasteiger partial charge is 0.344 e. The molecule has 7 nitrogen and oxygen atoms in total. The summed E-state index contributed by atoms with van der Waals surface area (Å²) in [4.78, 5) is 24.0. The molecule has 4 aliphatic rings. The molecular weight excluding hydrogens is 348 g/mol. The van der Waals surface area contributed by atoms with Crippen LogP contribution in [0.4, 0.5) is 0 Å². The van der Waals surface area contributed by atoms with Gasteiger partial charge in [0.15, 0.2) is 13.2 Å². The van der Waals surface area contributed by atoms with E-state index in [-0.39, 0.29) is 36.5 Å². The number of hydrogen-bond acceptors (Lipinski definition) is 6. The number of nitrogens with one attached hydrogen (secondary N) is 1. The first-order valence-corrected chi connectivity index (χ1v) is 9.93. The second-order valence-electron chi connectivity index (χ2n) is 8.79. The zero-order valence-corrected chi connectivity index (χ0v) is 16.0. The second-order valence-corrected chi connectivity index (χ2v) is 8.79. The summed E-state index contributed by atoms with van der Waals surface area (Å²) in [5, 5.41) is 6.71. The quantitative estimate of drug-likeness (QED) is 0.736. The summed E-state index contributed by atoms with van der Waals surface area (Å²) in [6.07, 6.45) is 7.81. The van der Waals surface area contributed by atoms with Crippen molar-refractivity contribution in [3.63, 3.8) is 0 Å². The monoisotopic (exact) mass is 376 g/mol. The molecule has 1 N–H and O–H groups in total. The Morgan fingerprint density at radius 3 is 2.41 bits per heavy atom. The summed E-state index contributed by atoms with van der Waals surface area (Å²) in [6, 6.07) is 1.69. The van der Waals surface area contributed by atoms with Gasteiger partial charge in [0.25, 0.3) is 11.8 Å². The summed E-state index contributed by atoms with van der Waals surface area (Å²) < 4.78 is 15.0. The van der Waals surface area contributed by atoms with Gasteiger partial charge in [-0.25, -0.2) is 4.79 Å². The Labute approximate surface area is 159 Å². The molecule has 4 fully saturated rings. The van der Waals surface area contributed by atoms with Crippen LogP contribution in [-0.2, 0) is 14.3 Å². The lowest BCUT2D eigenvalue weighted by molar-refractivity contribution is -0.151. The maximum atomic E-state index is 12.3. The molecule has 0 radical (unpaired) electrons. The lowest BCUT2D eigenvalue weighted by Gasteiger charge is -2.59. The number of amides is 1. The van der Waals surface area contributed by atoms with Gasteiger partial charge >= 0.3 is 5.97 Å². The van der Waals surface area contributed by atoms with Gasteiger partial charge < -0.3 is 19.3 Å². The molecular formula is C20H28N2O5. The standard InChI is InChI=1S/C20H28N2O5/c1-12-3-18(22-27-12)25-11-19(24)26-10-17(23)21-13(2)20-7-14-4-15(8-20)6-16(5-14)9-20/h3,13-16H,4-11H2,1-2H3,(H,21,23)/t13-,14?,15?,16?,20?/m1/s1. The zero-order chi connectivity index (χ0) is 19.0. The van der Waals surface area contributed by atoms with Gasteiger partial charge in [-0.05, 0) is 80.7 Å². The van der Waals surface area contributed by atoms with Crippen molar-refractivity contribution in [2.24, 2.45) is 23.2 Å². The van der Waals surface area contributed by atoms with Crippen LogP contribution in [0.25, 0.3) is 0 Å². The van der Waals surface area contributed by atoms with Crippen molar-refractivity contribution in [3.8, 4) is 5.88 Å². The highest BCUT2D eigenvalue weighted by molar-refractivity contribution is 5.81. The Hall–Kier alpha value is -2.05. The number of aryl methyl sites for hydroxylation is 1. The van der Waals surface area contributed by atoms with Crippen molar-refractivity contribution >= 4 is 11.9 Å². The Balaban J connectivity index is 1.21. The molecule has 1 heterocycles. The predicted octanol–water partition coefficient (Wildman–Crippen LogP) is 2.63. The maximum Gasteiger partial charge on any atom is 0.344 e. The van der Waals surface area contributed by atoms with Crippen molar-refractivity contribution in [2.45, 2.75) is 58.4 Å². The molecule has 0 aliphatic heterocycles. The number of aromatic nitrogens is 1. The van der Waals surface area contributed by atoms with Gasteiger partial charge in [-0.1, -0.05) is 0 Å². The maximum absolute atomic E-state index is 12.3. The van der Waals surface area contributed by atoms with Crippen LogP contribution in [0.5, 0.6) is 5.88 Å². The Bertz CT molecular complexity index is 678. The first kappa shape index (κ1) is 18.3. The molecule has 1 aromatic heterocycles. The van der Waals surface area contributed by atoms with Gasteiger partial charge in [-0.15, -0.1) is 0 Å². The molecule has 1 atom stereocenters. The second kappa shape index (κ2) is 7.17. The van der Waals surface area contributed by atoms with E-state index in [1.165, 1.54) is 38.5 Å². The molecule has 4 saturated carbocycles. The molecule has 0 saturated heterocycles. The average molecular weight is 376 g/mol. The molecule has 0 spiro atoms. The van der Waals surface area contributed by atoms with E-state index in [0.717, 1.165) is 17.8 Å². The number of nitrogens with zero attached hydrogens (tertiary/aromatic N) is 1. The van der Waals surface area contributed by atoms with Crippen LogP contribution in [0.1, 0.15) is 51.2 Å². The summed E-state index contributed by atoms with van der Waals surface area (Å²) >= 11 is 0. The zero-order valence-electron chi connectivity index (χ0n) is 16.0. The summed E-state index contributed by atoms with van der Waals surface area (Å²) in [6.45, 7) is 3.26. The van der Waals surface area contributed by atoms with Crippen LogP contribution in [0, 0.1) is 30.1 Å². The van der Waals surface area contributed by atoms with E-state index in [1.54, 1.807) is 13.0 Å². The predicted molar refractivity (Wildman–Crippen MR) is 95.9 cm³/mol. The minimum absolute atomic E-state index is 0.117. The van der Waals surface area contributed by atoms with E-state index in [1.807, 2.05) is 0 Å². The van der Waals surface area contributed by atoms with E-state index in [2.05, 4.69) is 17.4 Å². The lowest BCUT2D eigenvalue weighted by Crippen LogP contribution is -2.56. The number of rotatable bonds is 7. The third-order valence-corrected chi connectivity index (χ3v) is 6.69. The highest BCUT2D eigenvalue weighted by Gasteiger charge is 2.53. The van der Waals surface area contributed by atoms with Gasteiger partial charge in [-0.2, -0.15) is 0 Å². The highest BCUT2D eigenvalue weighted by Crippen LogP contribution is 2.61. The minimum atomic E-state index is -0.603. The highest BCUT2D eigenvalue weighted by atomic mass is 16.6. The third-order valence-electron chi connectivity index (χ3n) is 6.69. The Morgan fingerprint density at radius 2 is 1.85 bits per heavy atom. The third kappa shape index (κ3) is 3.96. The fourth-order valence-corrected chi connectivity index (χ4v) is 5.88. The van der Waals surface area contributed by atoms with Crippen LogP contribution >= 0.6 is 0 Å². The van der Waals surface area contributed by atoms with E-state index in [9.17, 15) is 9.59 Å². The molecule has 5 rings (SSSR count). The van der Waals surface area contributed by atoms with Crippen LogP contribution in [0.3, 0.4) is 0 Å². The number of carbonyl (C=O) groups is 2. The summed E-state index contributed by atoms with van der Waals surface area (Å²) in [7, 11) is 0. The normalized spacial score (nSPS) is 32.1. The Kier molecular flexibility index (Phi) is 4.86. The van der Waals surface area contributed by atoms with E-state index >= 15 is 0 Å². The molecule has 4 bridgehead atoms. The molecule has 7 heteroatoms. The number of hydrogen-bond donors (Lipinski definition) is 1. The Morgan fingerprint density at radius 1 is 1.22 bits per heavy atom. The molecule has 0 unspecified atom stereocenters. The van der Waals surface area contributed by atoms with Crippen LogP contribution in [0.2, 0.25) is 0 Å². The summed E-state index contributed by atoms with van der Waals surface area (Å²) in [5.74, 6) is 2.49. The summed E-state index contributed by atoms with van der Waals surface area (Å²) in [5.41, 5.74) is 0.238. The minimum Gasteiger partial charge on any atom is -0.463 e. The fourth-order valence-electron chi connectivity index (χ4n) is 5.88. The lowest BCUT2D eigenvalue weighted by atomic mass is 9.48. The molecule has 27 heavy (non-hydrogen) atoms. The van der Waals surface area contributed by atoms with Crippen molar-refractivity contribution in [1.29, 1.82) is 0 Å².